The molecule has 0 heterocycles. The summed E-state index contributed by atoms with van der Waals surface area (Å²) in [5.41, 5.74) is 5.90. The molecule has 0 bridgehead atoms. The molecule has 0 saturated heterocycles. The molecular weight excluding hydrogens is 258 g/mol. The fraction of sp³-hybridized carbons (Fsp3) is 0.667. The molecule has 3 N–H and O–H groups in total. The molecule has 1 rings (SSSR count). The maximum absolute atomic E-state index is 12.1. The molecule has 1 saturated carbocycles. The second kappa shape index (κ2) is 7.22. The van der Waals surface area contributed by atoms with Gasteiger partial charge in [0.15, 0.2) is 5.78 Å². The number of carbonyl (C=O) groups is 3. The Kier molecular flexibility index (Phi) is 5.92. The van der Waals surface area contributed by atoms with Gasteiger partial charge in [-0.05, 0) is 36.7 Å². The van der Waals surface area contributed by atoms with Crippen LogP contribution < -0.4 is 5.73 Å². The van der Waals surface area contributed by atoms with E-state index >= 15 is 0 Å². The Morgan fingerprint density at radius 1 is 1.40 bits per heavy atom. The standard InChI is InChI=1S/C15H23NO4/c1-9-5-10(2)15(20)12(6-9)4-3-11(7-13(16)17)8-14(18)19/h4,9-11H,3,5-8H2,1-2H3,(H2,16,17)(H,18,19)/b12-4+/t9-,10+,11+/m0/s1. The molecule has 20 heavy (non-hydrogen) atoms. The number of carbonyl (C=O) groups excluding carboxylic acids is 2. The molecular formula is C15H23NO4. The summed E-state index contributed by atoms with van der Waals surface area (Å²) in [5, 5.41) is 8.83. The van der Waals surface area contributed by atoms with E-state index in [4.69, 9.17) is 10.8 Å². The lowest BCUT2D eigenvalue weighted by Gasteiger charge is -2.25. The molecule has 0 aliphatic heterocycles. The first kappa shape index (κ1) is 16.4. The first-order valence-corrected chi connectivity index (χ1v) is 7.03. The molecule has 0 spiro atoms. The van der Waals surface area contributed by atoms with Gasteiger partial charge in [0.1, 0.15) is 0 Å². The number of Topliss-reactive ketones (excluding diaryl/α,β-unsaturated/α-hetero) is 1. The zero-order chi connectivity index (χ0) is 15.3. The van der Waals surface area contributed by atoms with Gasteiger partial charge in [0.25, 0.3) is 0 Å². The highest BCUT2D eigenvalue weighted by molar-refractivity contribution is 5.97. The number of carboxylic acid groups (broad SMARTS) is 1. The Labute approximate surface area is 119 Å². The summed E-state index contributed by atoms with van der Waals surface area (Å²) in [5.74, 6) is -1.16. The summed E-state index contributed by atoms with van der Waals surface area (Å²) in [7, 11) is 0. The zero-order valence-electron chi connectivity index (χ0n) is 12.1. The molecule has 112 valence electrons. The van der Waals surface area contributed by atoms with E-state index in [1.54, 1.807) is 0 Å². The van der Waals surface area contributed by atoms with Crippen molar-refractivity contribution in [1.82, 2.24) is 0 Å². The van der Waals surface area contributed by atoms with Crippen molar-refractivity contribution >= 4 is 17.7 Å². The SMILES string of the molecule is C[C@@H]1C/C(=C\C[C@H](CC(N)=O)CC(=O)O)C(=O)[C@H](C)C1. The van der Waals surface area contributed by atoms with Crippen molar-refractivity contribution in [3.8, 4) is 0 Å². The fourth-order valence-corrected chi connectivity index (χ4v) is 2.85. The second-order valence-electron chi connectivity index (χ2n) is 5.91. The number of carboxylic acids is 1. The van der Waals surface area contributed by atoms with Gasteiger partial charge in [0, 0.05) is 18.8 Å². The number of amides is 1. The van der Waals surface area contributed by atoms with E-state index in [-0.39, 0.29) is 30.5 Å². The van der Waals surface area contributed by atoms with Crippen molar-refractivity contribution < 1.29 is 19.5 Å². The Balaban J connectivity index is 2.72. The Morgan fingerprint density at radius 2 is 2.05 bits per heavy atom. The lowest BCUT2D eigenvalue weighted by Crippen LogP contribution is -2.24. The Bertz CT molecular complexity index is 412. The average Bonchev–Trinajstić information content (AvgIpc) is 2.30. The maximum atomic E-state index is 12.1. The second-order valence-corrected chi connectivity index (χ2v) is 5.91. The molecule has 5 heteroatoms. The third-order valence-electron chi connectivity index (χ3n) is 3.74. The molecule has 0 aromatic rings. The van der Waals surface area contributed by atoms with Crippen LogP contribution in [0.1, 0.15) is 46.0 Å². The van der Waals surface area contributed by atoms with Crippen molar-refractivity contribution in [2.45, 2.75) is 46.0 Å². The topological polar surface area (TPSA) is 97.5 Å². The molecule has 1 amide bonds. The zero-order valence-corrected chi connectivity index (χ0v) is 12.1. The van der Waals surface area contributed by atoms with Crippen LogP contribution in [0.5, 0.6) is 0 Å². The van der Waals surface area contributed by atoms with Gasteiger partial charge in [-0.25, -0.2) is 0 Å². The van der Waals surface area contributed by atoms with Gasteiger partial charge < -0.3 is 10.8 Å². The molecule has 0 radical (unpaired) electrons. The monoisotopic (exact) mass is 281 g/mol. The minimum Gasteiger partial charge on any atom is -0.481 e. The van der Waals surface area contributed by atoms with Gasteiger partial charge >= 0.3 is 5.97 Å². The highest BCUT2D eigenvalue weighted by Crippen LogP contribution is 2.30. The van der Waals surface area contributed by atoms with Gasteiger partial charge in [0.2, 0.25) is 5.91 Å². The fourth-order valence-electron chi connectivity index (χ4n) is 2.85. The minimum atomic E-state index is -0.952. The van der Waals surface area contributed by atoms with Crippen LogP contribution in [-0.4, -0.2) is 22.8 Å². The molecule has 0 aromatic heterocycles. The van der Waals surface area contributed by atoms with E-state index < -0.39 is 11.9 Å². The summed E-state index contributed by atoms with van der Waals surface area (Å²) in [6, 6.07) is 0. The van der Waals surface area contributed by atoms with Gasteiger partial charge in [-0.3, -0.25) is 14.4 Å². The number of primary amides is 1. The van der Waals surface area contributed by atoms with Crippen molar-refractivity contribution in [1.29, 1.82) is 0 Å². The average molecular weight is 281 g/mol. The van der Waals surface area contributed by atoms with Crippen molar-refractivity contribution in [2.24, 2.45) is 23.5 Å². The number of allylic oxidation sites excluding steroid dienone is 2. The van der Waals surface area contributed by atoms with E-state index in [9.17, 15) is 14.4 Å². The van der Waals surface area contributed by atoms with E-state index in [0.29, 0.717) is 12.3 Å². The van der Waals surface area contributed by atoms with Crippen LogP contribution >= 0.6 is 0 Å². The normalized spacial score (nSPS) is 26.5. The van der Waals surface area contributed by atoms with Gasteiger partial charge in [-0.2, -0.15) is 0 Å². The van der Waals surface area contributed by atoms with E-state index in [0.717, 1.165) is 18.4 Å². The molecule has 3 atom stereocenters. The molecule has 1 aliphatic carbocycles. The van der Waals surface area contributed by atoms with Crippen LogP contribution in [0.3, 0.4) is 0 Å². The van der Waals surface area contributed by atoms with Crippen LogP contribution in [0.4, 0.5) is 0 Å². The number of ketones is 1. The Hall–Kier alpha value is -1.65. The molecule has 5 nitrogen and oxygen atoms in total. The van der Waals surface area contributed by atoms with Gasteiger partial charge in [-0.1, -0.05) is 19.9 Å². The molecule has 1 fully saturated rings. The first-order chi connectivity index (χ1) is 9.29. The van der Waals surface area contributed by atoms with Crippen molar-refractivity contribution in [3.63, 3.8) is 0 Å². The number of hydrogen-bond acceptors (Lipinski definition) is 3. The molecule has 0 aromatic carbocycles. The largest absolute Gasteiger partial charge is 0.481 e. The quantitative estimate of drug-likeness (QED) is 0.726. The number of nitrogens with two attached hydrogens (primary N) is 1. The number of aliphatic carboxylic acids is 1. The number of hydrogen-bond donors (Lipinski definition) is 2. The van der Waals surface area contributed by atoms with Crippen LogP contribution in [0.2, 0.25) is 0 Å². The summed E-state index contributed by atoms with van der Waals surface area (Å²) in [6.07, 6.45) is 3.79. The predicted octanol–water partition coefficient (Wildman–Crippen LogP) is 1.90. The van der Waals surface area contributed by atoms with Crippen LogP contribution in [-0.2, 0) is 14.4 Å². The van der Waals surface area contributed by atoms with E-state index in [1.807, 2.05) is 13.0 Å². The van der Waals surface area contributed by atoms with Crippen molar-refractivity contribution in [2.75, 3.05) is 0 Å². The van der Waals surface area contributed by atoms with Crippen LogP contribution in [0.15, 0.2) is 11.6 Å². The highest BCUT2D eigenvalue weighted by Gasteiger charge is 2.27. The predicted molar refractivity (Wildman–Crippen MR) is 74.8 cm³/mol. The summed E-state index contributed by atoms with van der Waals surface area (Å²) in [6.45, 7) is 4.03. The Morgan fingerprint density at radius 3 is 2.60 bits per heavy atom. The third-order valence-corrected chi connectivity index (χ3v) is 3.74. The third kappa shape index (κ3) is 5.15. The van der Waals surface area contributed by atoms with E-state index in [1.165, 1.54) is 0 Å². The van der Waals surface area contributed by atoms with Crippen LogP contribution in [0.25, 0.3) is 0 Å². The summed E-state index contributed by atoms with van der Waals surface area (Å²) < 4.78 is 0. The minimum absolute atomic E-state index is 0.0269. The lowest BCUT2D eigenvalue weighted by atomic mass is 9.78. The number of rotatable bonds is 6. The van der Waals surface area contributed by atoms with Crippen molar-refractivity contribution in [3.05, 3.63) is 11.6 Å². The summed E-state index contributed by atoms with van der Waals surface area (Å²) >= 11 is 0. The molecule has 0 unspecified atom stereocenters. The lowest BCUT2D eigenvalue weighted by molar-refractivity contribution is -0.138. The van der Waals surface area contributed by atoms with Gasteiger partial charge in [-0.15, -0.1) is 0 Å². The first-order valence-electron chi connectivity index (χ1n) is 7.03. The van der Waals surface area contributed by atoms with Crippen LogP contribution in [0, 0.1) is 17.8 Å². The molecule has 1 aliphatic rings. The summed E-state index contributed by atoms with van der Waals surface area (Å²) in [4.78, 5) is 33.8. The smallest absolute Gasteiger partial charge is 0.303 e. The van der Waals surface area contributed by atoms with E-state index in [2.05, 4.69) is 6.92 Å². The maximum Gasteiger partial charge on any atom is 0.303 e. The van der Waals surface area contributed by atoms with Gasteiger partial charge in [0.05, 0.1) is 0 Å². The highest BCUT2D eigenvalue weighted by atomic mass is 16.4.